The Morgan fingerprint density at radius 1 is 1.11 bits per heavy atom. The highest BCUT2D eigenvalue weighted by molar-refractivity contribution is 5.87. The molecular weight excluding hydrogens is 360 g/mol. The van der Waals surface area contributed by atoms with Gasteiger partial charge in [-0.1, -0.05) is 19.9 Å². The van der Waals surface area contributed by atoms with E-state index < -0.39 is 48.6 Å². The third-order valence-electron chi connectivity index (χ3n) is 3.90. The zero-order valence-electron chi connectivity index (χ0n) is 16.2. The summed E-state index contributed by atoms with van der Waals surface area (Å²) in [7, 11) is 0. The van der Waals surface area contributed by atoms with Gasteiger partial charge in [0, 0.05) is 18.9 Å². The summed E-state index contributed by atoms with van der Waals surface area (Å²) in [6, 6.07) is 0. The summed E-state index contributed by atoms with van der Waals surface area (Å²) < 4.78 is 20.6. The molecule has 27 heavy (non-hydrogen) atoms. The van der Waals surface area contributed by atoms with Crippen molar-refractivity contribution in [1.82, 2.24) is 0 Å². The maximum Gasteiger partial charge on any atom is 0.333 e. The molecule has 1 fully saturated rings. The average molecular weight is 388 g/mol. The van der Waals surface area contributed by atoms with E-state index >= 15 is 0 Å². The lowest BCUT2D eigenvalue weighted by atomic mass is 9.99. The first-order valence-corrected chi connectivity index (χ1v) is 8.75. The van der Waals surface area contributed by atoms with E-state index in [0.29, 0.717) is 5.57 Å². The molecule has 0 bridgehead atoms. The topological polar surface area (TPSA) is 129 Å². The Morgan fingerprint density at radius 2 is 1.74 bits per heavy atom. The molecule has 0 radical (unpaired) electrons. The van der Waals surface area contributed by atoms with Crippen LogP contribution in [-0.4, -0.2) is 65.4 Å². The molecule has 0 aromatic heterocycles. The van der Waals surface area contributed by atoms with Crippen LogP contribution >= 0.6 is 0 Å². The molecule has 1 aliphatic heterocycles. The summed E-state index contributed by atoms with van der Waals surface area (Å²) in [5.41, 5.74) is 0.360. The summed E-state index contributed by atoms with van der Waals surface area (Å²) in [6.07, 6.45) is -5.48. The zero-order valence-corrected chi connectivity index (χ0v) is 16.2. The van der Waals surface area contributed by atoms with Crippen molar-refractivity contribution in [3.8, 4) is 0 Å². The van der Waals surface area contributed by atoms with Crippen LogP contribution in [-0.2, 0) is 33.3 Å². The molecule has 9 heteroatoms. The van der Waals surface area contributed by atoms with E-state index in [1.54, 1.807) is 19.9 Å². The predicted octanol–water partition coefficient (Wildman–Crippen LogP) is 0.463. The van der Waals surface area contributed by atoms with Crippen molar-refractivity contribution < 1.29 is 43.5 Å². The Hall–Kier alpha value is -1.97. The van der Waals surface area contributed by atoms with Crippen LogP contribution in [0.4, 0.5) is 0 Å². The van der Waals surface area contributed by atoms with E-state index in [1.165, 1.54) is 0 Å². The van der Waals surface area contributed by atoms with E-state index in [0.717, 1.165) is 6.92 Å². The minimum Gasteiger partial charge on any atom is -0.459 e. The molecule has 0 spiro atoms. The molecule has 0 aliphatic carbocycles. The molecule has 5 atom stereocenters. The molecule has 1 heterocycles. The maximum absolute atomic E-state index is 12.0. The second kappa shape index (κ2) is 10.4. The average Bonchev–Trinajstić information content (AvgIpc) is 2.58. The third-order valence-corrected chi connectivity index (χ3v) is 3.90. The number of aliphatic hydroxyl groups is 2. The second-order valence-corrected chi connectivity index (χ2v) is 6.76. The van der Waals surface area contributed by atoms with Crippen LogP contribution < -0.4 is 0 Å². The Kier molecular flexibility index (Phi) is 8.87. The van der Waals surface area contributed by atoms with Crippen molar-refractivity contribution in [1.29, 1.82) is 0 Å². The number of ether oxygens (including phenoxy) is 4. The van der Waals surface area contributed by atoms with Gasteiger partial charge >= 0.3 is 17.9 Å². The quantitative estimate of drug-likeness (QED) is 0.363. The SMILES string of the molecule is CC=C(C)C(=O)OCC1OC(OC(=O)CC(C)C)C(OC(C)=O)C(O)C1O. The van der Waals surface area contributed by atoms with Gasteiger partial charge < -0.3 is 29.2 Å². The number of esters is 3. The molecule has 1 aliphatic rings. The highest BCUT2D eigenvalue weighted by Gasteiger charge is 2.48. The third kappa shape index (κ3) is 6.93. The van der Waals surface area contributed by atoms with Crippen molar-refractivity contribution >= 4 is 17.9 Å². The molecular formula is C18H28O9. The van der Waals surface area contributed by atoms with Crippen LogP contribution in [0.2, 0.25) is 0 Å². The van der Waals surface area contributed by atoms with E-state index in [2.05, 4.69) is 0 Å². The number of allylic oxidation sites excluding steroid dienone is 1. The second-order valence-electron chi connectivity index (χ2n) is 6.76. The first-order valence-electron chi connectivity index (χ1n) is 8.75. The van der Waals surface area contributed by atoms with Gasteiger partial charge in [-0.2, -0.15) is 0 Å². The summed E-state index contributed by atoms with van der Waals surface area (Å²) in [5, 5.41) is 20.5. The van der Waals surface area contributed by atoms with Crippen LogP contribution in [0.1, 0.15) is 41.0 Å². The van der Waals surface area contributed by atoms with Crippen LogP contribution in [0.3, 0.4) is 0 Å². The molecule has 1 saturated heterocycles. The monoisotopic (exact) mass is 388 g/mol. The van der Waals surface area contributed by atoms with Gasteiger partial charge in [0.15, 0.2) is 6.10 Å². The normalized spacial score (nSPS) is 28.6. The van der Waals surface area contributed by atoms with Gasteiger partial charge in [0.25, 0.3) is 0 Å². The molecule has 1 rings (SSSR count). The zero-order chi connectivity index (χ0) is 20.7. The number of hydrogen-bond acceptors (Lipinski definition) is 9. The Labute approximate surface area is 158 Å². The minimum absolute atomic E-state index is 0.0179. The van der Waals surface area contributed by atoms with Gasteiger partial charge in [-0.05, 0) is 19.8 Å². The van der Waals surface area contributed by atoms with Gasteiger partial charge in [-0.3, -0.25) is 9.59 Å². The smallest absolute Gasteiger partial charge is 0.333 e. The van der Waals surface area contributed by atoms with Crippen LogP contribution in [0, 0.1) is 5.92 Å². The largest absolute Gasteiger partial charge is 0.459 e. The minimum atomic E-state index is -1.59. The van der Waals surface area contributed by atoms with E-state index in [4.69, 9.17) is 18.9 Å². The Morgan fingerprint density at radius 3 is 2.26 bits per heavy atom. The van der Waals surface area contributed by atoms with Crippen molar-refractivity contribution in [2.24, 2.45) is 5.92 Å². The van der Waals surface area contributed by atoms with Gasteiger partial charge in [0.2, 0.25) is 6.29 Å². The number of carbonyl (C=O) groups is 3. The lowest BCUT2D eigenvalue weighted by Crippen LogP contribution is -2.61. The summed E-state index contributed by atoms with van der Waals surface area (Å²) in [5.74, 6) is -1.95. The number of rotatable bonds is 7. The molecule has 5 unspecified atom stereocenters. The first-order chi connectivity index (χ1) is 12.6. The van der Waals surface area contributed by atoms with Gasteiger partial charge in [0.1, 0.15) is 24.9 Å². The standard InChI is InChI=1S/C18H28O9/c1-6-10(4)17(23)24-8-12-14(21)15(22)16(25-11(5)19)18(26-12)27-13(20)7-9(2)3/h6,9,12,14-16,18,21-22H,7-8H2,1-5H3. The van der Waals surface area contributed by atoms with Crippen LogP contribution in [0.15, 0.2) is 11.6 Å². The van der Waals surface area contributed by atoms with Crippen molar-refractivity contribution in [2.45, 2.75) is 71.7 Å². The van der Waals surface area contributed by atoms with Gasteiger partial charge in [0.05, 0.1) is 0 Å². The molecule has 154 valence electrons. The summed E-state index contributed by atoms with van der Waals surface area (Å²) >= 11 is 0. The summed E-state index contributed by atoms with van der Waals surface area (Å²) in [4.78, 5) is 35.0. The number of carbonyl (C=O) groups excluding carboxylic acids is 3. The highest BCUT2D eigenvalue weighted by atomic mass is 16.7. The maximum atomic E-state index is 12.0. The fraction of sp³-hybridized carbons (Fsp3) is 0.722. The molecule has 0 aromatic carbocycles. The van der Waals surface area contributed by atoms with E-state index in [9.17, 15) is 24.6 Å². The fourth-order valence-corrected chi connectivity index (χ4v) is 2.36. The van der Waals surface area contributed by atoms with Crippen LogP contribution in [0.5, 0.6) is 0 Å². The molecule has 9 nitrogen and oxygen atoms in total. The van der Waals surface area contributed by atoms with Crippen molar-refractivity contribution in [2.75, 3.05) is 6.61 Å². The lowest BCUT2D eigenvalue weighted by molar-refractivity contribution is -0.296. The molecule has 2 N–H and O–H groups in total. The summed E-state index contributed by atoms with van der Waals surface area (Å²) in [6.45, 7) is 7.59. The number of aliphatic hydroxyl groups excluding tert-OH is 2. The van der Waals surface area contributed by atoms with Gasteiger partial charge in [-0.25, -0.2) is 4.79 Å². The Balaban J connectivity index is 2.89. The van der Waals surface area contributed by atoms with Crippen LogP contribution in [0.25, 0.3) is 0 Å². The molecule has 0 aromatic rings. The predicted molar refractivity (Wildman–Crippen MR) is 92.2 cm³/mol. The van der Waals surface area contributed by atoms with E-state index in [1.807, 2.05) is 13.8 Å². The Bertz CT molecular complexity index is 569. The first kappa shape index (κ1) is 23.1. The highest BCUT2D eigenvalue weighted by Crippen LogP contribution is 2.26. The fourth-order valence-electron chi connectivity index (χ4n) is 2.36. The van der Waals surface area contributed by atoms with Crippen molar-refractivity contribution in [3.05, 3.63) is 11.6 Å². The van der Waals surface area contributed by atoms with Crippen molar-refractivity contribution in [3.63, 3.8) is 0 Å². The lowest BCUT2D eigenvalue weighted by Gasteiger charge is -2.41. The molecule has 0 saturated carbocycles. The number of hydrogen-bond donors (Lipinski definition) is 2. The molecule has 0 amide bonds. The van der Waals surface area contributed by atoms with E-state index in [-0.39, 0.29) is 18.9 Å². The van der Waals surface area contributed by atoms with Gasteiger partial charge in [-0.15, -0.1) is 0 Å².